The quantitative estimate of drug-likeness (QED) is 0.242. The van der Waals surface area contributed by atoms with Crippen molar-refractivity contribution in [2.24, 2.45) is 0 Å². The molecule has 0 saturated heterocycles. The van der Waals surface area contributed by atoms with Gasteiger partial charge in [-0.15, -0.1) is 0 Å². The second kappa shape index (κ2) is 10.8. The van der Waals surface area contributed by atoms with Crippen LogP contribution in [-0.4, -0.2) is 5.24 Å². The lowest BCUT2D eigenvalue weighted by atomic mass is 9.92. The lowest BCUT2D eigenvalue weighted by Gasteiger charge is -2.15. The summed E-state index contributed by atoms with van der Waals surface area (Å²) < 4.78 is 42.3. The molecule has 0 heterocycles. The number of carbonyl (C=O) groups excluding carboxylic acids is 1. The maximum Gasteiger partial charge on any atom is 0.253 e. The van der Waals surface area contributed by atoms with Crippen molar-refractivity contribution in [1.29, 1.82) is 0 Å². The summed E-state index contributed by atoms with van der Waals surface area (Å²) in [5.41, 5.74) is -0.313. The van der Waals surface area contributed by atoms with Crippen molar-refractivity contribution in [2.45, 2.75) is 78.1 Å². The molecule has 0 aliphatic heterocycles. The largest absolute Gasteiger partial charge is 0.276 e. The molecule has 1 aromatic carbocycles. The van der Waals surface area contributed by atoms with Crippen LogP contribution in [0.3, 0.4) is 0 Å². The van der Waals surface area contributed by atoms with Crippen LogP contribution in [0.2, 0.25) is 0 Å². The summed E-state index contributed by atoms with van der Waals surface area (Å²) in [7, 11) is 0. The van der Waals surface area contributed by atoms with Crippen LogP contribution in [0.4, 0.5) is 13.2 Å². The van der Waals surface area contributed by atoms with Gasteiger partial charge in [0.05, 0.1) is 0 Å². The number of hydrogen-bond acceptors (Lipinski definition) is 1. The third-order valence-electron chi connectivity index (χ3n) is 4.28. The smallest absolute Gasteiger partial charge is 0.253 e. The lowest BCUT2D eigenvalue weighted by molar-refractivity contribution is 0.107. The van der Waals surface area contributed by atoms with Crippen LogP contribution in [0.15, 0.2) is 0 Å². The predicted molar refractivity (Wildman–Crippen MR) is 92.2 cm³/mol. The van der Waals surface area contributed by atoms with Crippen LogP contribution < -0.4 is 0 Å². The molecule has 0 aliphatic rings. The molecule has 0 aromatic heterocycles. The Balaban J connectivity index is 3.15. The molecule has 0 radical (unpaired) electrons. The van der Waals surface area contributed by atoms with E-state index in [1.54, 1.807) is 0 Å². The summed E-state index contributed by atoms with van der Waals surface area (Å²) in [5.74, 6) is -4.04. The molecule has 136 valence electrons. The van der Waals surface area contributed by atoms with Crippen LogP contribution in [-0.2, 0) is 12.8 Å². The van der Waals surface area contributed by atoms with Gasteiger partial charge in [0.1, 0.15) is 0 Å². The van der Waals surface area contributed by atoms with Crippen molar-refractivity contribution in [3.63, 3.8) is 0 Å². The predicted octanol–water partition coefficient (Wildman–Crippen LogP) is 6.73. The summed E-state index contributed by atoms with van der Waals surface area (Å²) in [5, 5.41) is -0.913. The molecule has 0 unspecified atom stereocenters. The number of rotatable bonds is 11. The highest BCUT2D eigenvalue weighted by Gasteiger charge is 2.27. The van der Waals surface area contributed by atoms with Gasteiger partial charge in [0.25, 0.3) is 5.24 Å². The molecule has 0 spiro atoms. The van der Waals surface area contributed by atoms with Crippen molar-refractivity contribution in [2.75, 3.05) is 0 Å². The lowest BCUT2D eigenvalue weighted by Crippen LogP contribution is -2.13. The normalized spacial score (nSPS) is 11.1. The molecule has 0 fully saturated rings. The second-order valence-electron chi connectivity index (χ2n) is 6.17. The standard InChI is InChI=1S/C19H26ClF3O/c1-3-5-7-9-11-13-15(19(20)24)14(12-10-8-6-4-2)17(22)18(23)16(13)21/h3-12H2,1-2H3. The molecule has 0 aliphatic carbocycles. The van der Waals surface area contributed by atoms with Crippen LogP contribution in [0, 0.1) is 17.5 Å². The van der Waals surface area contributed by atoms with Gasteiger partial charge in [-0.3, -0.25) is 4.79 Å². The number of hydrogen-bond donors (Lipinski definition) is 0. The SMILES string of the molecule is CCCCCCc1c(F)c(F)c(F)c(CCCCCC)c1C(=O)Cl. The van der Waals surface area contributed by atoms with Crippen LogP contribution >= 0.6 is 11.6 Å². The molecule has 1 nitrogen and oxygen atoms in total. The van der Waals surface area contributed by atoms with E-state index in [4.69, 9.17) is 11.6 Å². The molecule has 0 bridgehead atoms. The van der Waals surface area contributed by atoms with Gasteiger partial charge in [-0.1, -0.05) is 52.4 Å². The Bertz CT molecular complexity index is 519. The molecule has 0 N–H and O–H groups in total. The molecule has 1 aromatic rings. The second-order valence-corrected chi connectivity index (χ2v) is 6.51. The molecule has 0 atom stereocenters. The summed E-state index contributed by atoms with van der Waals surface area (Å²) >= 11 is 5.60. The molecule has 1 rings (SSSR count). The van der Waals surface area contributed by atoms with Crippen molar-refractivity contribution in [3.8, 4) is 0 Å². The van der Waals surface area contributed by atoms with E-state index in [0.717, 1.165) is 38.5 Å². The van der Waals surface area contributed by atoms with Crippen LogP contribution in [0.1, 0.15) is 86.7 Å². The summed E-state index contributed by atoms with van der Waals surface area (Å²) in [6.07, 6.45) is 7.25. The van der Waals surface area contributed by atoms with E-state index in [1.165, 1.54) is 0 Å². The Morgan fingerprint density at radius 2 is 1.17 bits per heavy atom. The number of unbranched alkanes of at least 4 members (excludes halogenated alkanes) is 6. The molecule has 5 heteroatoms. The first-order valence-electron chi connectivity index (χ1n) is 8.83. The van der Waals surface area contributed by atoms with Crippen molar-refractivity contribution < 1.29 is 18.0 Å². The zero-order valence-electron chi connectivity index (χ0n) is 14.5. The average Bonchev–Trinajstić information content (AvgIpc) is 2.55. The third-order valence-corrected chi connectivity index (χ3v) is 4.47. The Morgan fingerprint density at radius 3 is 1.50 bits per heavy atom. The first kappa shape index (κ1) is 21.0. The van der Waals surface area contributed by atoms with Gasteiger partial charge >= 0.3 is 0 Å². The molecule has 24 heavy (non-hydrogen) atoms. The maximum absolute atomic E-state index is 14.2. The minimum absolute atomic E-state index is 0.0736. The summed E-state index contributed by atoms with van der Waals surface area (Å²) in [4.78, 5) is 11.8. The fourth-order valence-electron chi connectivity index (χ4n) is 2.93. The minimum atomic E-state index is -1.49. The molecule has 0 saturated carbocycles. The van der Waals surface area contributed by atoms with Crippen LogP contribution in [0.5, 0.6) is 0 Å². The van der Waals surface area contributed by atoms with Gasteiger partial charge in [0.2, 0.25) is 0 Å². The Hall–Kier alpha value is -1.03. The Morgan fingerprint density at radius 1 is 0.750 bits per heavy atom. The summed E-state index contributed by atoms with van der Waals surface area (Å²) in [6.45, 7) is 4.08. The van der Waals surface area contributed by atoms with Gasteiger partial charge in [0.15, 0.2) is 17.5 Å². The monoisotopic (exact) mass is 362 g/mol. The maximum atomic E-state index is 14.2. The highest BCUT2D eigenvalue weighted by Crippen LogP contribution is 2.29. The van der Waals surface area contributed by atoms with Gasteiger partial charge in [0, 0.05) is 16.7 Å². The van der Waals surface area contributed by atoms with Crippen molar-refractivity contribution in [1.82, 2.24) is 0 Å². The zero-order chi connectivity index (χ0) is 18.1. The zero-order valence-corrected chi connectivity index (χ0v) is 15.2. The van der Waals surface area contributed by atoms with Crippen molar-refractivity contribution >= 4 is 16.8 Å². The van der Waals surface area contributed by atoms with E-state index in [0.29, 0.717) is 12.8 Å². The van der Waals surface area contributed by atoms with E-state index in [9.17, 15) is 18.0 Å². The minimum Gasteiger partial charge on any atom is -0.276 e. The van der Waals surface area contributed by atoms with Crippen LogP contribution in [0.25, 0.3) is 0 Å². The third kappa shape index (κ3) is 5.51. The van der Waals surface area contributed by atoms with E-state index in [2.05, 4.69) is 0 Å². The first-order valence-corrected chi connectivity index (χ1v) is 9.21. The Labute approximate surface area is 147 Å². The highest BCUT2D eigenvalue weighted by atomic mass is 35.5. The highest BCUT2D eigenvalue weighted by molar-refractivity contribution is 6.68. The topological polar surface area (TPSA) is 17.1 Å². The average molecular weight is 363 g/mol. The first-order chi connectivity index (χ1) is 11.5. The van der Waals surface area contributed by atoms with Crippen molar-refractivity contribution in [3.05, 3.63) is 34.1 Å². The van der Waals surface area contributed by atoms with Gasteiger partial charge < -0.3 is 0 Å². The number of benzene rings is 1. The van der Waals surface area contributed by atoms with Gasteiger partial charge in [-0.2, -0.15) is 0 Å². The fraction of sp³-hybridized carbons (Fsp3) is 0.632. The molecular formula is C19H26ClF3O. The number of carbonyl (C=O) groups is 1. The fourth-order valence-corrected chi connectivity index (χ4v) is 3.15. The Kier molecular flexibility index (Phi) is 9.42. The van der Waals surface area contributed by atoms with E-state index < -0.39 is 22.7 Å². The van der Waals surface area contributed by atoms with E-state index >= 15 is 0 Å². The summed E-state index contributed by atoms with van der Waals surface area (Å²) in [6, 6.07) is 0. The number of halogens is 4. The van der Waals surface area contributed by atoms with E-state index in [-0.39, 0.29) is 29.5 Å². The molecular weight excluding hydrogens is 337 g/mol. The molecule has 0 amide bonds. The van der Waals surface area contributed by atoms with E-state index in [1.807, 2.05) is 13.8 Å². The van der Waals surface area contributed by atoms with Gasteiger partial charge in [-0.05, 0) is 37.3 Å². The van der Waals surface area contributed by atoms with Gasteiger partial charge in [-0.25, -0.2) is 13.2 Å².